The average molecular weight is 570 g/mol. The number of ether oxygens (including phenoxy) is 1. The van der Waals surface area contributed by atoms with Gasteiger partial charge in [0.05, 0.1) is 29.8 Å². The molecule has 0 bridgehead atoms. The summed E-state index contributed by atoms with van der Waals surface area (Å²) in [6.45, 7) is 7.62. The van der Waals surface area contributed by atoms with Crippen LogP contribution < -0.4 is 5.32 Å². The molecule has 0 amide bonds. The highest BCUT2D eigenvalue weighted by molar-refractivity contribution is 7.91. The quantitative estimate of drug-likeness (QED) is 0.214. The molecule has 9 nitrogen and oxygen atoms in total. The van der Waals surface area contributed by atoms with E-state index < -0.39 is 32.3 Å². The van der Waals surface area contributed by atoms with Crippen molar-refractivity contribution in [2.45, 2.75) is 49.9 Å². The number of pyridine rings is 1. The molecular weight excluding hydrogens is 540 g/mol. The fraction of sp³-hybridized carbons (Fsp3) is 0.286. The highest BCUT2D eigenvalue weighted by atomic mass is 32.2. The summed E-state index contributed by atoms with van der Waals surface area (Å²) >= 11 is 0. The number of hydrogen-bond acceptors (Lipinski definition) is 8. The van der Waals surface area contributed by atoms with Gasteiger partial charge in [-0.1, -0.05) is 44.5 Å². The van der Waals surface area contributed by atoms with Gasteiger partial charge in [0.2, 0.25) is 9.84 Å². The number of carbonyl (C=O) groups excluding carboxylic acids is 1. The largest absolute Gasteiger partial charge is 0.466 e. The molecule has 0 aliphatic rings. The lowest BCUT2D eigenvalue weighted by Crippen LogP contribution is -2.34. The van der Waals surface area contributed by atoms with Gasteiger partial charge in [0.15, 0.2) is 23.3 Å². The Morgan fingerprint density at radius 3 is 2.45 bits per heavy atom. The molecule has 12 heteroatoms. The maximum absolute atomic E-state index is 15.2. The molecule has 0 aliphatic heterocycles. The first kappa shape index (κ1) is 28.8. The summed E-state index contributed by atoms with van der Waals surface area (Å²) in [4.78, 5) is 26.0. The molecule has 0 aliphatic carbocycles. The lowest BCUT2D eigenvalue weighted by atomic mass is 9.84. The summed E-state index contributed by atoms with van der Waals surface area (Å²) in [7, 11) is -3.04. The van der Waals surface area contributed by atoms with Gasteiger partial charge in [0.25, 0.3) is 0 Å². The van der Waals surface area contributed by atoms with Crippen molar-refractivity contribution in [3.63, 3.8) is 0 Å². The molecule has 0 fully saturated rings. The van der Waals surface area contributed by atoms with E-state index in [1.54, 1.807) is 18.2 Å². The number of esters is 1. The van der Waals surface area contributed by atoms with Gasteiger partial charge in [-0.05, 0) is 30.9 Å². The van der Waals surface area contributed by atoms with Gasteiger partial charge in [-0.15, -0.1) is 0 Å². The standard InChI is InChI=1S/C28H29F2N5O4S/c1-16-9-11-17(12-10-16)40(37,38)24-19(29)14-33-27-23(24)18(13-31-27)25-32-15-20(30)26(35-25)34-21(28(2,3)4)7-6-8-22(36)39-5/h6,8-15,21H,7H2,1-5H3,(H,31,33)(H,32,34,35). The van der Waals surface area contributed by atoms with Gasteiger partial charge in [-0.3, -0.25) is 0 Å². The summed E-state index contributed by atoms with van der Waals surface area (Å²) in [5, 5.41) is 3.02. The number of nitrogens with zero attached hydrogens (tertiary/aromatic N) is 3. The van der Waals surface area contributed by atoms with Crippen LogP contribution in [0.1, 0.15) is 32.8 Å². The van der Waals surface area contributed by atoms with E-state index in [2.05, 4.69) is 30.0 Å². The molecule has 1 unspecified atom stereocenters. The first-order valence-corrected chi connectivity index (χ1v) is 13.8. The number of aromatic nitrogens is 4. The van der Waals surface area contributed by atoms with E-state index in [0.29, 0.717) is 6.42 Å². The van der Waals surface area contributed by atoms with Crippen LogP contribution in [0.3, 0.4) is 0 Å². The second-order valence-electron chi connectivity index (χ2n) is 10.3. The number of benzene rings is 1. The Hall–Kier alpha value is -4.19. The van der Waals surface area contributed by atoms with E-state index in [0.717, 1.165) is 18.0 Å². The van der Waals surface area contributed by atoms with Crippen LogP contribution in [-0.2, 0) is 19.4 Å². The first-order chi connectivity index (χ1) is 18.8. The Balaban J connectivity index is 1.80. The van der Waals surface area contributed by atoms with Crippen molar-refractivity contribution in [3.8, 4) is 11.4 Å². The third-order valence-corrected chi connectivity index (χ3v) is 8.21. The van der Waals surface area contributed by atoms with Gasteiger partial charge in [-0.25, -0.2) is 36.9 Å². The molecule has 0 saturated carbocycles. The fourth-order valence-corrected chi connectivity index (χ4v) is 5.59. The van der Waals surface area contributed by atoms with Crippen LogP contribution in [0.2, 0.25) is 0 Å². The zero-order valence-electron chi connectivity index (χ0n) is 22.6. The molecule has 0 saturated heterocycles. The lowest BCUT2D eigenvalue weighted by molar-refractivity contribution is -0.134. The number of anilines is 1. The predicted molar refractivity (Wildman–Crippen MR) is 146 cm³/mol. The van der Waals surface area contributed by atoms with Crippen molar-refractivity contribution in [2.75, 3.05) is 12.4 Å². The van der Waals surface area contributed by atoms with Crippen molar-refractivity contribution < 1.29 is 26.7 Å². The lowest BCUT2D eigenvalue weighted by Gasteiger charge is -2.31. The summed E-state index contributed by atoms with van der Waals surface area (Å²) < 4.78 is 61.9. The second kappa shape index (κ2) is 11.1. The Morgan fingerprint density at radius 1 is 1.12 bits per heavy atom. The number of halogens is 2. The topological polar surface area (TPSA) is 127 Å². The van der Waals surface area contributed by atoms with Crippen molar-refractivity contribution >= 4 is 32.7 Å². The van der Waals surface area contributed by atoms with Crippen LogP contribution in [0, 0.1) is 24.0 Å². The van der Waals surface area contributed by atoms with E-state index in [9.17, 15) is 17.6 Å². The monoisotopic (exact) mass is 569 g/mol. The van der Waals surface area contributed by atoms with E-state index in [-0.39, 0.29) is 44.6 Å². The van der Waals surface area contributed by atoms with E-state index in [4.69, 9.17) is 0 Å². The third kappa shape index (κ3) is 5.86. The number of rotatable bonds is 8. The minimum atomic E-state index is -4.32. The molecule has 3 heterocycles. The first-order valence-electron chi connectivity index (χ1n) is 12.3. The Labute approximate surface area is 230 Å². The molecule has 3 aromatic heterocycles. The number of methoxy groups -OCH3 is 1. The summed E-state index contributed by atoms with van der Waals surface area (Å²) in [6, 6.07) is 5.67. The van der Waals surface area contributed by atoms with Gasteiger partial charge in [-0.2, -0.15) is 0 Å². The fourth-order valence-electron chi connectivity index (χ4n) is 4.08. The van der Waals surface area contributed by atoms with Crippen molar-refractivity contribution in [1.29, 1.82) is 0 Å². The smallest absolute Gasteiger partial charge is 0.330 e. The second-order valence-corrected chi connectivity index (χ2v) is 12.2. The number of fused-ring (bicyclic) bond motifs is 1. The number of carbonyl (C=O) groups is 1. The molecule has 210 valence electrons. The number of hydrogen-bond donors (Lipinski definition) is 2. The molecular formula is C28H29F2N5O4S. The summed E-state index contributed by atoms with van der Waals surface area (Å²) in [5.74, 6) is -2.48. The Bertz CT molecular complexity index is 1690. The third-order valence-electron chi connectivity index (χ3n) is 6.38. The van der Waals surface area contributed by atoms with E-state index >= 15 is 4.39 Å². The predicted octanol–water partition coefficient (Wildman–Crippen LogP) is 5.39. The number of aromatic amines is 1. The summed E-state index contributed by atoms with van der Waals surface area (Å²) in [6.07, 6.45) is 6.43. The van der Waals surface area contributed by atoms with Crippen LogP contribution in [0.25, 0.3) is 22.4 Å². The van der Waals surface area contributed by atoms with Crippen LogP contribution in [0.15, 0.2) is 64.8 Å². The molecule has 2 N–H and O–H groups in total. The van der Waals surface area contributed by atoms with Crippen LogP contribution in [0.4, 0.5) is 14.6 Å². The van der Waals surface area contributed by atoms with Crippen molar-refractivity contribution in [3.05, 3.63) is 72.2 Å². The molecule has 0 radical (unpaired) electrons. The van der Waals surface area contributed by atoms with Crippen LogP contribution >= 0.6 is 0 Å². The maximum Gasteiger partial charge on any atom is 0.330 e. The number of nitrogens with one attached hydrogen (secondary N) is 2. The molecule has 0 spiro atoms. The van der Waals surface area contributed by atoms with Crippen molar-refractivity contribution in [1.82, 2.24) is 19.9 Å². The highest BCUT2D eigenvalue weighted by Gasteiger charge is 2.30. The van der Waals surface area contributed by atoms with E-state index in [1.807, 2.05) is 27.7 Å². The van der Waals surface area contributed by atoms with Gasteiger partial charge < -0.3 is 15.0 Å². The van der Waals surface area contributed by atoms with Gasteiger partial charge in [0.1, 0.15) is 10.5 Å². The van der Waals surface area contributed by atoms with Crippen molar-refractivity contribution in [2.24, 2.45) is 5.41 Å². The molecule has 1 aromatic carbocycles. The number of aryl methyl sites for hydroxylation is 1. The maximum atomic E-state index is 15.2. The zero-order valence-corrected chi connectivity index (χ0v) is 23.4. The van der Waals surface area contributed by atoms with Crippen LogP contribution in [0.5, 0.6) is 0 Å². The summed E-state index contributed by atoms with van der Waals surface area (Å²) in [5.41, 5.74) is 0.690. The molecule has 4 rings (SSSR count). The average Bonchev–Trinajstić information content (AvgIpc) is 3.32. The number of sulfone groups is 1. The zero-order chi connectivity index (χ0) is 29.2. The minimum Gasteiger partial charge on any atom is -0.466 e. The van der Waals surface area contributed by atoms with E-state index in [1.165, 1.54) is 31.5 Å². The van der Waals surface area contributed by atoms with Crippen LogP contribution in [-0.4, -0.2) is 47.5 Å². The van der Waals surface area contributed by atoms with Gasteiger partial charge >= 0.3 is 5.97 Å². The Kier molecular flexibility index (Phi) is 8.01. The molecule has 4 aromatic rings. The Morgan fingerprint density at radius 2 is 1.80 bits per heavy atom. The highest BCUT2D eigenvalue weighted by Crippen LogP contribution is 2.36. The SMILES string of the molecule is COC(=O)C=CCC(Nc1nc(-c2c[nH]c3ncc(F)c(S(=O)(=O)c4ccc(C)cc4)c23)ncc1F)C(C)(C)C. The molecule has 1 atom stereocenters. The normalized spacial score (nSPS) is 13.1. The minimum absolute atomic E-state index is 0.0410. The number of H-pyrrole nitrogens is 1. The van der Waals surface area contributed by atoms with Gasteiger partial charge in [0, 0.05) is 23.9 Å². The molecule has 40 heavy (non-hydrogen) atoms.